The number of nitrogens with one attached hydrogen (secondary N) is 1. The van der Waals surface area contributed by atoms with Gasteiger partial charge < -0.3 is 24.0 Å². The summed E-state index contributed by atoms with van der Waals surface area (Å²) in [5.41, 5.74) is 3.76. The van der Waals surface area contributed by atoms with Gasteiger partial charge in [-0.15, -0.1) is 10.2 Å². The van der Waals surface area contributed by atoms with Gasteiger partial charge in [-0.05, 0) is 90.0 Å². The molecule has 5 aliphatic rings. The zero-order chi connectivity index (χ0) is 50.8. The van der Waals surface area contributed by atoms with Gasteiger partial charge in [0.25, 0.3) is 11.8 Å². The molecule has 4 fully saturated rings. The Balaban J connectivity index is 0.681. The number of carbonyl (C=O) groups excluding carboxylic acids is 4. The maximum atomic E-state index is 14.7. The van der Waals surface area contributed by atoms with Crippen molar-refractivity contribution in [2.75, 3.05) is 64.4 Å². The normalized spacial score (nSPS) is 19.8. The molecule has 0 radical (unpaired) electrons. The van der Waals surface area contributed by atoms with Crippen molar-refractivity contribution in [3.63, 3.8) is 0 Å². The molecule has 1 N–H and O–H groups in total. The Hall–Kier alpha value is -7.16. The third-order valence-electron chi connectivity index (χ3n) is 15.6. The summed E-state index contributed by atoms with van der Waals surface area (Å²) in [6.07, 6.45) is 2.06. The van der Waals surface area contributed by atoms with E-state index >= 15 is 0 Å². The number of fused-ring (bicyclic) bond motifs is 2. The zero-order valence-corrected chi connectivity index (χ0v) is 40.7. The van der Waals surface area contributed by atoms with E-state index in [4.69, 9.17) is 4.74 Å². The smallest absolute Gasteiger partial charge is 0.379 e. The van der Waals surface area contributed by atoms with Crippen molar-refractivity contribution in [2.45, 2.75) is 75.4 Å². The van der Waals surface area contributed by atoms with Gasteiger partial charge in [-0.2, -0.15) is 13.2 Å². The van der Waals surface area contributed by atoms with E-state index < -0.39 is 34.8 Å². The average Bonchev–Trinajstić information content (AvgIpc) is 4.05. The highest BCUT2D eigenvalue weighted by molar-refractivity contribution is 6.05. The number of imide groups is 1. The third-order valence-corrected chi connectivity index (χ3v) is 15.6. The molecule has 17 nitrogen and oxygen atoms in total. The number of ether oxygens (including phenoxy) is 1. The van der Waals surface area contributed by atoms with E-state index in [-0.39, 0.29) is 42.2 Å². The quantitative estimate of drug-likeness (QED) is 0.171. The number of pyridine rings is 1. The first-order valence-corrected chi connectivity index (χ1v) is 24.8. The molecule has 73 heavy (non-hydrogen) atoms. The molecule has 4 saturated heterocycles. The molecule has 0 bridgehead atoms. The molecule has 20 heteroatoms. The second-order valence-corrected chi connectivity index (χ2v) is 20.3. The Labute approximate surface area is 418 Å². The van der Waals surface area contributed by atoms with Gasteiger partial charge in [0.05, 0.1) is 30.0 Å². The molecule has 0 saturated carbocycles. The minimum atomic E-state index is -4.71. The number of aryl methyl sites for hydroxylation is 1. The highest BCUT2D eigenvalue weighted by Gasteiger charge is 2.43. The van der Waals surface area contributed by atoms with Crippen LogP contribution in [0.4, 0.5) is 18.9 Å². The monoisotopic (exact) mass is 999 g/mol. The van der Waals surface area contributed by atoms with Crippen LogP contribution in [0.5, 0.6) is 0 Å². The second kappa shape index (κ2) is 19.0. The summed E-state index contributed by atoms with van der Waals surface area (Å²) >= 11 is 0. The fourth-order valence-corrected chi connectivity index (χ4v) is 11.2. The predicted octanol–water partition coefficient (Wildman–Crippen LogP) is 4.57. The van der Waals surface area contributed by atoms with Gasteiger partial charge in [0.1, 0.15) is 18.2 Å². The Kier molecular flexibility index (Phi) is 12.5. The molecule has 1 atom stereocenters. The van der Waals surface area contributed by atoms with E-state index in [0.29, 0.717) is 80.9 Å². The lowest BCUT2D eigenvalue weighted by Crippen LogP contribution is -2.52. The van der Waals surface area contributed by atoms with Gasteiger partial charge in [-0.25, -0.2) is 4.79 Å². The molecule has 380 valence electrons. The molecule has 3 aromatic carbocycles. The Morgan fingerprint density at radius 3 is 2.27 bits per heavy atom. The number of aromatic nitrogens is 5. The maximum absolute atomic E-state index is 14.7. The highest BCUT2D eigenvalue weighted by Crippen LogP contribution is 2.38. The molecule has 3 aromatic heterocycles. The standard InChI is InChI=1S/C53H56F3N11O6/c1-60-33-57-59-46(60)25-52(31-73-32-52)38-4-3-5-41(24-38)65-30-45-43(53(54,55)56)22-35(28-67(45)51(65)72)27-62-16-14-39(15-17-62)61(2)49(70)36-8-6-34(7-9-36)26-63-18-20-64(21-19-63)40-10-11-42-37(23-40)29-66(50(42)71)44-12-13-47(68)58-48(44)69/h3-11,22-24,28,30,33,39,44H,12-21,25-27,29,31-32H2,1-2H3,(H,58,68,69)/t44-/m0/s1. The number of anilines is 1. The first kappa shape index (κ1) is 48.1. The van der Waals surface area contributed by atoms with E-state index in [1.165, 1.54) is 17.0 Å². The van der Waals surface area contributed by atoms with Crippen LogP contribution >= 0.6 is 0 Å². The third kappa shape index (κ3) is 9.31. The molecule has 6 aromatic rings. The number of piperidine rings is 2. The van der Waals surface area contributed by atoms with Crippen LogP contribution in [0, 0.1) is 0 Å². The Morgan fingerprint density at radius 2 is 1.59 bits per heavy atom. The predicted molar refractivity (Wildman–Crippen MR) is 262 cm³/mol. The number of piperazine rings is 1. The molecule has 0 aliphatic carbocycles. The van der Waals surface area contributed by atoms with Crippen molar-refractivity contribution in [3.05, 3.63) is 147 Å². The zero-order valence-electron chi connectivity index (χ0n) is 40.7. The largest absolute Gasteiger partial charge is 0.418 e. The number of hydrogen-bond acceptors (Lipinski definition) is 11. The maximum Gasteiger partial charge on any atom is 0.418 e. The van der Waals surface area contributed by atoms with Crippen molar-refractivity contribution in [1.29, 1.82) is 0 Å². The molecular weight excluding hydrogens is 944 g/mol. The summed E-state index contributed by atoms with van der Waals surface area (Å²) in [7, 11) is 3.67. The molecule has 4 amide bonds. The minimum Gasteiger partial charge on any atom is -0.379 e. The first-order chi connectivity index (χ1) is 35.1. The van der Waals surface area contributed by atoms with Gasteiger partial charge in [-0.1, -0.05) is 24.3 Å². The molecule has 0 unspecified atom stereocenters. The summed E-state index contributed by atoms with van der Waals surface area (Å²) in [5.74, 6) is -0.234. The van der Waals surface area contributed by atoms with Crippen molar-refractivity contribution in [1.82, 2.24) is 48.6 Å². The molecule has 5 aliphatic heterocycles. The second-order valence-electron chi connectivity index (χ2n) is 20.3. The number of benzene rings is 3. The molecule has 0 spiro atoms. The summed E-state index contributed by atoms with van der Waals surface area (Å²) in [6.45, 7) is 6.50. The minimum absolute atomic E-state index is 0.0539. The lowest BCUT2D eigenvalue weighted by molar-refractivity contribution is -0.137. The van der Waals surface area contributed by atoms with E-state index in [1.807, 2.05) is 66.2 Å². The molecule has 11 rings (SSSR count). The van der Waals surface area contributed by atoms with Gasteiger partial charge in [0, 0.05) is 127 Å². The van der Waals surface area contributed by atoms with Crippen LogP contribution in [0.2, 0.25) is 0 Å². The summed E-state index contributed by atoms with van der Waals surface area (Å²) in [5, 5.41) is 10.6. The van der Waals surface area contributed by atoms with Crippen LogP contribution in [0.15, 0.2) is 96.3 Å². The number of rotatable bonds is 12. The lowest BCUT2D eigenvalue weighted by Gasteiger charge is -2.41. The molecule has 8 heterocycles. The Morgan fingerprint density at radius 1 is 0.849 bits per heavy atom. The van der Waals surface area contributed by atoms with Crippen LogP contribution in [-0.4, -0.2) is 139 Å². The van der Waals surface area contributed by atoms with Crippen molar-refractivity contribution in [3.8, 4) is 5.69 Å². The Bertz CT molecular complexity index is 3180. The summed E-state index contributed by atoms with van der Waals surface area (Å²) in [4.78, 5) is 75.2. The van der Waals surface area contributed by atoms with Crippen LogP contribution < -0.4 is 15.9 Å². The van der Waals surface area contributed by atoms with E-state index in [2.05, 4.69) is 30.2 Å². The number of hydrogen-bond donors (Lipinski definition) is 1. The fourth-order valence-electron chi connectivity index (χ4n) is 11.2. The number of alkyl halides is 3. The van der Waals surface area contributed by atoms with Crippen LogP contribution in [0.3, 0.4) is 0 Å². The van der Waals surface area contributed by atoms with Gasteiger partial charge >= 0.3 is 11.9 Å². The van der Waals surface area contributed by atoms with E-state index in [0.717, 1.165) is 71.4 Å². The summed E-state index contributed by atoms with van der Waals surface area (Å²) in [6, 6.07) is 21.3. The molecular formula is C53H56F3N11O6. The summed E-state index contributed by atoms with van der Waals surface area (Å²) < 4.78 is 54.0. The van der Waals surface area contributed by atoms with Gasteiger partial charge in [0.15, 0.2) is 0 Å². The fraction of sp³-hybridized carbons (Fsp3) is 0.415. The van der Waals surface area contributed by atoms with E-state index in [9.17, 15) is 37.1 Å². The highest BCUT2D eigenvalue weighted by atomic mass is 19.4. The average molecular weight is 1000 g/mol. The number of halogens is 3. The number of carbonyl (C=O) groups is 4. The topological polar surface area (TPSA) is 163 Å². The first-order valence-electron chi connectivity index (χ1n) is 24.8. The van der Waals surface area contributed by atoms with Gasteiger partial charge in [0.2, 0.25) is 11.8 Å². The lowest BCUT2D eigenvalue weighted by atomic mass is 9.75. The SMILES string of the molecule is CN(C(=O)c1ccc(CN2CCN(c3ccc4c(c3)CN([C@H]3CCC(=O)NC3=O)C4=O)CC2)cc1)C1CCN(Cc2cc(C(F)(F)F)c3cn(-c4cccc(C5(Cc6nncn6C)COC5)c4)c(=O)n3c2)CC1. The van der Waals surface area contributed by atoms with E-state index in [1.54, 1.807) is 35.3 Å². The van der Waals surface area contributed by atoms with Crippen LogP contribution in [0.1, 0.15) is 80.0 Å². The number of likely N-dealkylation sites (tertiary alicyclic amines) is 1. The van der Waals surface area contributed by atoms with Gasteiger partial charge in [-0.3, -0.25) is 43.3 Å². The number of imidazole rings is 1. The van der Waals surface area contributed by atoms with Crippen LogP contribution in [0.25, 0.3) is 11.2 Å². The number of nitrogens with zero attached hydrogens (tertiary/aromatic N) is 10. The van der Waals surface area contributed by atoms with Crippen molar-refractivity contribution in [2.24, 2.45) is 7.05 Å². The number of amides is 4. The van der Waals surface area contributed by atoms with Crippen molar-refractivity contribution < 1.29 is 37.1 Å². The van der Waals surface area contributed by atoms with Crippen LogP contribution in [-0.2, 0) is 59.0 Å². The van der Waals surface area contributed by atoms with Crippen molar-refractivity contribution >= 4 is 34.8 Å².